The van der Waals surface area contributed by atoms with Crippen molar-refractivity contribution in [2.75, 3.05) is 32.0 Å². The van der Waals surface area contributed by atoms with Crippen molar-refractivity contribution in [3.8, 4) is 17.0 Å². The fraction of sp³-hybridized carbons (Fsp3) is 0.652. The highest BCUT2D eigenvalue weighted by molar-refractivity contribution is 5.65. The van der Waals surface area contributed by atoms with Gasteiger partial charge < -0.3 is 15.2 Å². The number of hydrogen-bond donors (Lipinski definition) is 1. The molecule has 7 nitrogen and oxygen atoms in total. The average Bonchev–Trinajstić information content (AvgIpc) is 3.63. The summed E-state index contributed by atoms with van der Waals surface area (Å²) in [4.78, 5) is 6.69. The number of pyridine rings is 1. The Kier molecular flexibility index (Phi) is 5.06. The molecule has 0 spiro atoms. The Morgan fingerprint density at radius 2 is 1.91 bits per heavy atom. The second-order valence-corrected chi connectivity index (χ2v) is 9.69. The molecule has 1 saturated heterocycles. The van der Waals surface area contributed by atoms with Crippen molar-refractivity contribution in [3.63, 3.8) is 0 Å². The maximum Gasteiger partial charge on any atom is 0.387 e. The number of anilines is 1. The lowest BCUT2D eigenvalue weighted by Crippen LogP contribution is -2.43. The van der Waals surface area contributed by atoms with Gasteiger partial charge in [-0.2, -0.15) is 13.9 Å². The van der Waals surface area contributed by atoms with Gasteiger partial charge in [0.2, 0.25) is 0 Å². The molecule has 0 radical (unpaired) electrons. The molecule has 3 aliphatic carbocycles. The molecule has 2 unspecified atom stereocenters. The minimum absolute atomic E-state index is 0.0339. The van der Waals surface area contributed by atoms with Gasteiger partial charge in [0.25, 0.3) is 0 Å². The molecule has 0 amide bonds. The first kappa shape index (κ1) is 20.4. The van der Waals surface area contributed by atoms with E-state index in [1.54, 1.807) is 12.3 Å². The van der Waals surface area contributed by atoms with Crippen LogP contribution in [-0.2, 0) is 11.3 Å². The summed E-state index contributed by atoms with van der Waals surface area (Å²) in [6, 6.07) is 4.36. The zero-order valence-corrected chi connectivity index (χ0v) is 18.0. The summed E-state index contributed by atoms with van der Waals surface area (Å²) in [6.07, 6.45) is 6.51. The van der Waals surface area contributed by atoms with Crippen LogP contribution < -0.4 is 10.5 Å². The molecule has 172 valence electrons. The molecule has 3 saturated carbocycles. The number of fused-ring (bicyclic) bond motifs is 1. The maximum absolute atomic E-state index is 12.8. The number of nitrogens with zero attached hydrogens (tertiary/aromatic N) is 4. The van der Waals surface area contributed by atoms with Gasteiger partial charge in [0.05, 0.1) is 24.6 Å². The monoisotopic (exact) mass is 445 g/mol. The van der Waals surface area contributed by atoms with E-state index in [1.165, 1.54) is 25.7 Å². The first-order chi connectivity index (χ1) is 15.6. The Balaban J connectivity index is 1.23. The van der Waals surface area contributed by atoms with E-state index in [1.807, 2.05) is 4.68 Å². The molecular weight excluding hydrogens is 416 g/mol. The van der Waals surface area contributed by atoms with E-state index in [9.17, 15) is 8.78 Å². The van der Waals surface area contributed by atoms with Gasteiger partial charge in [-0.15, -0.1) is 0 Å². The van der Waals surface area contributed by atoms with Crippen LogP contribution in [0.2, 0.25) is 0 Å². The van der Waals surface area contributed by atoms with Gasteiger partial charge in [-0.1, -0.05) is 0 Å². The lowest BCUT2D eigenvalue weighted by molar-refractivity contribution is -0.0494. The molecule has 6 rings (SSSR count). The van der Waals surface area contributed by atoms with Gasteiger partial charge in [0.15, 0.2) is 11.6 Å². The van der Waals surface area contributed by atoms with Crippen LogP contribution in [-0.4, -0.2) is 58.6 Å². The quantitative estimate of drug-likeness (QED) is 0.704. The van der Waals surface area contributed by atoms with Crippen LogP contribution in [0.3, 0.4) is 0 Å². The van der Waals surface area contributed by atoms with Crippen molar-refractivity contribution in [2.45, 2.75) is 50.8 Å². The molecule has 32 heavy (non-hydrogen) atoms. The highest BCUT2D eigenvalue weighted by Crippen LogP contribution is 2.63. The van der Waals surface area contributed by atoms with Gasteiger partial charge in [-0.25, -0.2) is 4.98 Å². The third kappa shape index (κ3) is 3.85. The fourth-order valence-corrected chi connectivity index (χ4v) is 5.79. The largest absolute Gasteiger partial charge is 0.431 e. The minimum Gasteiger partial charge on any atom is -0.431 e. The molecule has 1 aliphatic heterocycles. The van der Waals surface area contributed by atoms with Gasteiger partial charge in [-0.3, -0.25) is 9.58 Å². The van der Waals surface area contributed by atoms with E-state index in [4.69, 9.17) is 15.6 Å². The summed E-state index contributed by atoms with van der Waals surface area (Å²) in [7, 11) is 0. The second-order valence-electron chi connectivity index (χ2n) is 9.69. The summed E-state index contributed by atoms with van der Waals surface area (Å²) in [5, 5.41) is 5.00. The summed E-state index contributed by atoms with van der Waals surface area (Å²) in [6.45, 7) is 1.69. The maximum atomic E-state index is 12.8. The lowest BCUT2D eigenvalue weighted by atomic mass is 10.0. The van der Waals surface area contributed by atoms with Crippen molar-refractivity contribution in [1.82, 2.24) is 19.7 Å². The van der Waals surface area contributed by atoms with Crippen molar-refractivity contribution in [3.05, 3.63) is 24.0 Å². The number of nitrogens with two attached hydrogens (primary N) is 1. The molecule has 4 fully saturated rings. The van der Waals surface area contributed by atoms with Crippen LogP contribution in [0.15, 0.2) is 18.3 Å². The molecule has 2 aromatic rings. The van der Waals surface area contributed by atoms with E-state index in [0.717, 1.165) is 44.2 Å². The summed E-state index contributed by atoms with van der Waals surface area (Å²) >= 11 is 0. The van der Waals surface area contributed by atoms with Gasteiger partial charge in [-0.05, 0) is 55.6 Å². The standard InChI is InChI=1S/C23H29F2N5O2/c24-23(25)32-20-7-14(11-27-22(20)26)19-10-18(28-30(19)12-13-1-2-13)21-16-8-15(9-17(16)21)29-3-5-31-6-4-29/h7,10-11,13,15-17,21,23H,1-6,8-9,12H2,(H2,26,27)/t15?,16-,17+,21?. The van der Waals surface area contributed by atoms with Crippen LogP contribution in [0.4, 0.5) is 14.6 Å². The number of hydrogen-bond acceptors (Lipinski definition) is 6. The SMILES string of the molecule is Nc1ncc(-c2cc(C3[C@H]4CC(N5CCOCC5)C[C@@H]34)nn2CC2CC2)cc1OC(F)F. The molecule has 2 aromatic heterocycles. The molecule has 9 heteroatoms. The van der Waals surface area contributed by atoms with E-state index in [0.29, 0.717) is 35.3 Å². The number of morpholine rings is 1. The molecule has 4 atom stereocenters. The Morgan fingerprint density at radius 1 is 1.16 bits per heavy atom. The number of alkyl halides is 2. The average molecular weight is 446 g/mol. The first-order valence-corrected chi connectivity index (χ1v) is 11.7. The number of halogens is 2. The molecule has 4 aliphatic rings. The molecule has 0 aromatic carbocycles. The van der Waals surface area contributed by atoms with Crippen molar-refractivity contribution in [2.24, 2.45) is 17.8 Å². The minimum atomic E-state index is -2.94. The predicted octanol–water partition coefficient (Wildman–Crippen LogP) is 3.36. The molecular formula is C23H29F2N5O2. The summed E-state index contributed by atoms with van der Waals surface area (Å²) in [5.74, 6) is 2.42. The first-order valence-electron chi connectivity index (χ1n) is 11.7. The molecule has 3 heterocycles. The highest BCUT2D eigenvalue weighted by Gasteiger charge is 2.58. The van der Waals surface area contributed by atoms with Gasteiger partial charge in [0, 0.05) is 43.4 Å². The predicted molar refractivity (Wildman–Crippen MR) is 114 cm³/mol. The smallest absolute Gasteiger partial charge is 0.387 e. The van der Waals surface area contributed by atoms with Crippen LogP contribution in [0, 0.1) is 17.8 Å². The molecule has 2 N–H and O–H groups in total. The van der Waals surface area contributed by atoms with Crippen LogP contribution >= 0.6 is 0 Å². The summed E-state index contributed by atoms with van der Waals surface area (Å²) in [5.41, 5.74) is 8.49. The normalized spacial score (nSPS) is 30.0. The zero-order chi connectivity index (χ0) is 21.8. The Morgan fingerprint density at radius 3 is 2.59 bits per heavy atom. The fourth-order valence-electron chi connectivity index (χ4n) is 5.79. The number of ether oxygens (including phenoxy) is 2. The van der Waals surface area contributed by atoms with E-state index in [2.05, 4.69) is 20.7 Å². The Labute approximate surface area is 185 Å². The highest BCUT2D eigenvalue weighted by atomic mass is 19.3. The summed E-state index contributed by atoms with van der Waals surface area (Å²) < 4.78 is 37.7. The van der Waals surface area contributed by atoms with Crippen molar-refractivity contribution >= 4 is 5.82 Å². The zero-order valence-electron chi connectivity index (χ0n) is 18.0. The van der Waals surface area contributed by atoms with E-state index in [-0.39, 0.29) is 11.6 Å². The van der Waals surface area contributed by atoms with Crippen molar-refractivity contribution in [1.29, 1.82) is 0 Å². The second kappa shape index (κ2) is 7.95. The van der Waals surface area contributed by atoms with Crippen LogP contribution in [0.5, 0.6) is 5.75 Å². The third-order valence-electron chi connectivity index (χ3n) is 7.64. The Hall–Kier alpha value is -2.26. The number of aromatic nitrogens is 3. The number of nitrogen functional groups attached to an aromatic ring is 1. The van der Waals surface area contributed by atoms with Crippen LogP contribution in [0.1, 0.15) is 37.3 Å². The van der Waals surface area contributed by atoms with Gasteiger partial charge in [0.1, 0.15) is 0 Å². The Bertz CT molecular complexity index is 977. The van der Waals surface area contributed by atoms with Crippen LogP contribution in [0.25, 0.3) is 11.3 Å². The van der Waals surface area contributed by atoms with Gasteiger partial charge >= 0.3 is 6.61 Å². The van der Waals surface area contributed by atoms with E-state index < -0.39 is 6.61 Å². The number of rotatable bonds is 7. The molecule has 0 bridgehead atoms. The van der Waals surface area contributed by atoms with Crippen molar-refractivity contribution < 1.29 is 18.3 Å². The van der Waals surface area contributed by atoms with E-state index >= 15 is 0 Å². The topological polar surface area (TPSA) is 78.4 Å². The third-order valence-corrected chi connectivity index (χ3v) is 7.64. The lowest BCUT2D eigenvalue weighted by Gasteiger charge is -2.33.